The minimum Gasteiger partial charge on any atom is -0.400 e. The van der Waals surface area contributed by atoms with E-state index in [0.717, 1.165) is 22.1 Å². The molecule has 0 aromatic heterocycles. The Morgan fingerprint density at radius 3 is 0.846 bits per heavy atom. The van der Waals surface area contributed by atoms with Gasteiger partial charge in [-0.3, -0.25) is 0 Å². The van der Waals surface area contributed by atoms with Crippen LogP contribution in [0.15, 0.2) is 22.1 Å². The molecular weight excluding hydrogens is 326 g/mol. The van der Waals surface area contributed by atoms with Gasteiger partial charge in [0.2, 0.25) is 0 Å². The van der Waals surface area contributed by atoms with Crippen LogP contribution in [0, 0.1) is 0 Å². The van der Waals surface area contributed by atoms with Gasteiger partial charge >= 0.3 is 14.2 Å². The molecule has 2 aliphatic rings. The fraction of sp³-hybridized carbons (Fsp3) is 0.800. The van der Waals surface area contributed by atoms with Crippen LogP contribution in [0.1, 0.15) is 83.1 Å². The second-order valence-electron chi connectivity index (χ2n) is 9.79. The highest BCUT2D eigenvalue weighted by molar-refractivity contribution is 6.56. The highest BCUT2D eigenvalue weighted by Gasteiger charge is 2.53. The lowest BCUT2D eigenvalue weighted by molar-refractivity contribution is 0.00578. The predicted molar refractivity (Wildman–Crippen MR) is 109 cm³/mol. The molecule has 0 saturated carbocycles. The van der Waals surface area contributed by atoms with Crippen LogP contribution in [0.25, 0.3) is 0 Å². The normalized spacial score (nSPS) is 28.2. The van der Waals surface area contributed by atoms with Gasteiger partial charge < -0.3 is 18.6 Å². The van der Waals surface area contributed by atoms with E-state index in [1.165, 1.54) is 0 Å². The fourth-order valence-electron chi connectivity index (χ4n) is 2.98. The number of allylic oxidation sites excluding steroid dienone is 4. The summed E-state index contributed by atoms with van der Waals surface area (Å²) in [6.45, 7) is 25.0. The van der Waals surface area contributed by atoms with Crippen molar-refractivity contribution in [3.8, 4) is 0 Å². The Bertz CT molecular complexity index is 556. The third-order valence-electron chi connectivity index (χ3n) is 6.96. The molecule has 0 aliphatic carbocycles. The molecule has 0 unspecified atom stereocenters. The van der Waals surface area contributed by atoms with Gasteiger partial charge in [-0.1, -0.05) is 11.1 Å². The zero-order chi connectivity index (χ0) is 20.3. The van der Waals surface area contributed by atoms with E-state index < -0.39 is 0 Å². The van der Waals surface area contributed by atoms with Crippen molar-refractivity contribution in [2.45, 2.75) is 105 Å². The molecule has 0 amide bonds. The topological polar surface area (TPSA) is 36.9 Å². The smallest absolute Gasteiger partial charge is 0.400 e. The van der Waals surface area contributed by atoms with Crippen molar-refractivity contribution >= 4 is 14.2 Å². The molecule has 0 aromatic carbocycles. The monoisotopic (exact) mass is 362 g/mol. The summed E-state index contributed by atoms with van der Waals surface area (Å²) < 4.78 is 24.8. The Labute approximate surface area is 161 Å². The summed E-state index contributed by atoms with van der Waals surface area (Å²) in [6.07, 6.45) is 0. The number of rotatable bonds is 3. The van der Waals surface area contributed by atoms with Crippen molar-refractivity contribution in [1.29, 1.82) is 0 Å². The number of hydrogen-bond acceptors (Lipinski definition) is 4. The molecule has 4 nitrogen and oxygen atoms in total. The maximum Gasteiger partial charge on any atom is 0.490 e. The van der Waals surface area contributed by atoms with Crippen LogP contribution in [0.4, 0.5) is 0 Å². The Kier molecular flexibility index (Phi) is 5.44. The van der Waals surface area contributed by atoms with Crippen molar-refractivity contribution in [1.82, 2.24) is 0 Å². The molecular formula is C20H36B2O4. The average molecular weight is 362 g/mol. The molecule has 0 atom stereocenters. The summed E-state index contributed by atoms with van der Waals surface area (Å²) in [4.78, 5) is 0. The lowest BCUT2D eigenvalue weighted by atomic mass is 9.70. The molecule has 146 valence electrons. The van der Waals surface area contributed by atoms with E-state index in [2.05, 4.69) is 83.1 Å². The van der Waals surface area contributed by atoms with Crippen LogP contribution in [-0.2, 0) is 18.6 Å². The van der Waals surface area contributed by atoms with Crippen LogP contribution in [0.5, 0.6) is 0 Å². The van der Waals surface area contributed by atoms with Crippen molar-refractivity contribution in [2.24, 2.45) is 0 Å². The predicted octanol–water partition coefficient (Wildman–Crippen LogP) is 4.92. The van der Waals surface area contributed by atoms with Crippen molar-refractivity contribution in [2.75, 3.05) is 0 Å². The molecule has 2 fully saturated rings. The standard InChI is InChI=1S/C20H36B2O4/c1-13(15(3)21-23-17(5,6)18(7,8)24-21)14(2)16(4)22-25-19(9,10)20(11,12)26-22/h1-12H3/b15-13+,16-14+. The zero-order valence-corrected chi connectivity index (χ0v) is 18.8. The SMILES string of the molecule is C/C(B1OC(C)(C)C(C)(C)O1)=C(C)\C(C)=C(/C)B1OC(C)(C)C(C)(C)O1. The highest BCUT2D eigenvalue weighted by atomic mass is 16.7. The van der Waals surface area contributed by atoms with E-state index in [9.17, 15) is 0 Å². The minimum atomic E-state index is -0.336. The molecule has 0 radical (unpaired) electrons. The summed E-state index contributed by atoms with van der Waals surface area (Å²) in [5.41, 5.74) is 3.17. The van der Waals surface area contributed by atoms with E-state index in [1.807, 2.05) is 0 Å². The van der Waals surface area contributed by atoms with Gasteiger partial charge in [-0.25, -0.2) is 0 Å². The largest absolute Gasteiger partial charge is 0.490 e. The van der Waals surface area contributed by atoms with Crippen LogP contribution in [-0.4, -0.2) is 36.6 Å². The Balaban J connectivity index is 2.29. The van der Waals surface area contributed by atoms with Gasteiger partial charge in [0, 0.05) is 0 Å². The van der Waals surface area contributed by atoms with Crippen LogP contribution >= 0.6 is 0 Å². The van der Waals surface area contributed by atoms with Crippen molar-refractivity contribution in [3.63, 3.8) is 0 Å². The van der Waals surface area contributed by atoms with Gasteiger partial charge in [0.25, 0.3) is 0 Å². The molecule has 2 heterocycles. The minimum absolute atomic E-state index is 0.332. The molecule has 0 aromatic rings. The average Bonchev–Trinajstić information content (AvgIpc) is 2.84. The molecule has 26 heavy (non-hydrogen) atoms. The number of hydrogen-bond donors (Lipinski definition) is 0. The molecule has 6 heteroatoms. The fourth-order valence-corrected chi connectivity index (χ4v) is 2.98. The second kappa shape index (κ2) is 6.51. The van der Waals surface area contributed by atoms with Gasteiger partial charge in [0.15, 0.2) is 0 Å². The summed E-state index contributed by atoms with van der Waals surface area (Å²) in [5.74, 6) is 0. The van der Waals surface area contributed by atoms with E-state index in [4.69, 9.17) is 18.6 Å². The third kappa shape index (κ3) is 3.58. The van der Waals surface area contributed by atoms with Gasteiger partial charge in [0.1, 0.15) is 0 Å². The van der Waals surface area contributed by atoms with Gasteiger partial charge in [-0.15, -0.1) is 0 Å². The summed E-state index contributed by atoms with van der Waals surface area (Å²) in [7, 11) is -0.665. The van der Waals surface area contributed by atoms with Crippen LogP contribution in [0.3, 0.4) is 0 Å². The molecule has 0 spiro atoms. The maximum atomic E-state index is 6.20. The van der Waals surface area contributed by atoms with Crippen molar-refractivity contribution < 1.29 is 18.6 Å². The first kappa shape index (κ1) is 21.7. The summed E-state index contributed by atoms with van der Waals surface area (Å²) in [6, 6.07) is 0. The first-order chi connectivity index (χ1) is 11.5. The van der Waals surface area contributed by atoms with Gasteiger partial charge in [0.05, 0.1) is 22.4 Å². The summed E-state index contributed by atoms with van der Waals surface area (Å²) in [5, 5.41) is 0. The Morgan fingerprint density at radius 2 is 0.654 bits per heavy atom. The van der Waals surface area contributed by atoms with Gasteiger partial charge in [-0.05, 0) is 94.0 Å². The Morgan fingerprint density at radius 1 is 0.462 bits per heavy atom. The van der Waals surface area contributed by atoms with E-state index in [1.54, 1.807) is 0 Å². The Hall–Kier alpha value is -0.550. The first-order valence-electron chi connectivity index (χ1n) is 9.59. The molecule has 0 bridgehead atoms. The second-order valence-corrected chi connectivity index (χ2v) is 9.79. The molecule has 2 rings (SSSR count). The quantitative estimate of drug-likeness (QED) is 0.528. The molecule has 2 aliphatic heterocycles. The van der Waals surface area contributed by atoms with E-state index in [0.29, 0.717) is 0 Å². The van der Waals surface area contributed by atoms with Crippen molar-refractivity contribution in [3.05, 3.63) is 22.1 Å². The van der Waals surface area contributed by atoms with Gasteiger partial charge in [-0.2, -0.15) is 0 Å². The molecule has 0 N–H and O–H groups in total. The maximum absolute atomic E-state index is 6.20. The third-order valence-corrected chi connectivity index (χ3v) is 6.96. The highest BCUT2D eigenvalue weighted by Crippen LogP contribution is 2.41. The first-order valence-corrected chi connectivity index (χ1v) is 9.59. The summed E-state index contributed by atoms with van der Waals surface area (Å²) >= 11 is 0. The molecule has 2 saturated heterocycles. The lowest BCUT2D eigenvalue weighted by Crippen LogP contribution is -2.41. The van der Waals surface area contributed by atoms with Crippen LogP contribution in [0.2, 0.25) is 0 Å². The van der Waals surface area contributed by atoms with Crippen LogP contribution < -0.4 is 0 Å². The van der Waals surface area contributed by atoms with E-state index in [-0.39, 0.29) is 36.6 Å². The van der Waals surface area contributed by atoms with E-state index >= 15 is 0 Å². The lowest BCUT2D eigenvalue weighted by Gasteiger charge is -2.32. The zero-order valence-electron chi connectivity index (χ0n) is 18.8.